The van der Waals surface area contributed by atoms with Crippen molar-refractivity contribution in [3.05, 3.63) is 36.0 Å². The number of amides is 2. The molecule has 0 saturated heterocycles. The maximum Gasteiger partial charge on any atom is 0.268 e. The number of nitriles is 1. The highest BCUT2D eigenvalue weighted by molar-refractivity contribution is 5.99. The molecule has 1 heterocycles. The standard InChI is InChI=1S/C20H24N4O2/c1-13-7-8-15(19(25)22-10-9-21)16(11-13)23-20(26)18-12-14-5-3-4-6-17(14)24(18)2/h3-6,12-13,15-16H,7-8,10-11H2,1-2H3,(H,22,25)(H,23,26)/t13?,15-,16+/m1/s1. The van der Waals surface area contributed by atoms with Gasteiger partial charge >= 0.3 is 0 Å². The third kappa shape index (κ3) is 3.57. The molecule has 0 aliphatic heterocycles. The van der Waals surface area contributed by atoms with Gasteiger partial charge in [-0.2, -0.15) is 5.26 Å². The number of rotatable bonds is 4. The summed E-state index contributed by atoms with van der Waals surface area (Å²) >= 11 is 0. The fourth-order valence-corrected chi connectivity index (χ4v) is 3.86. The maximum atomic E-state index is 12.9. The number of carbonyl (C=O) groups excluding carboxylic acids is 2. The van der Waals surface area contributed by atoms with Gasteiger partial charge in [0.25, 0.3) is 5.91 Å². The van der Waals surface area contributed by atoms with Crippen LogP contribution in [0.4, 0.5) is 0 Å². The molecule has 1 aliphatic carbocycles. The number of hydrogen-bond donors (Lipinski definition) is 2. The lowest BCUT2D eigenvalue weighted by Crippen LogP contribution is -2.50. The van der Waals surface area contributed by atoms with E-state index >= 15 is 0 Å². The Bertz CT molecular complexity index is 864. The van der Waals surface area contributed by atoms with Crippen molar-refractivity contribution in [3.63, 3.8) is 0 Å². The van der Waals surface area contributed by atoms with E-state index in [0.29, 0.717) is 11.6 Å². The number of para-hydroxylation sites is 1. The highest BCUT2D eigenvalue weighted by atomic mass is 16.2. The summed E-state index contributed by atoms with van der Waals surface area (Å²) in [7, 11) is 1.87. The van der Waals surface area contributed by atoms with Crippen molar-refractivity contribution in [2.45, 2.75) is 32.2 Å². The molecular formula is C20H24N4O2. The van der Waals surface area contributed by atoms with Gasteiger partial charge in [-0.25, -0.2) is 0 Å². The summed E-state index contributed by atoms with van der Waals surface area (Å²) < 4.78 is 1.88. The number of aromatic nitrogens is 1. The van der Waals surface area contributed by atoms with Gasteiger partial charge in [-0.3, -0.25) is 9.59 Å². The predicted molar refractivity (Wildman–Crippen MR) is 99.3 cm³/mol. The van der Waals surface area contributed by atoms with Gasteiger partial charge in [-0.05, 0) is 37.3 Å². The Hall–Kier alpha value is -2.81. The van der Waals surface area contributed by atoms with Crippen LogP contribution in [0.1, 0.15) is 36.7 Å². The largest absolute Gasteiger partial charge is 0.347 e. The van der Waals surface area contributed by atoms with E-state index in [0.717, 1.165) is 30.2 Å². The second-order valence-corrected chi connectivity index (χ2v) is 7.13. The lowest BCUT2D eigenvalue weighted by atomic mass is 9.78. The Balaban J connectivity index is 1.79. The summed E-state index contributed by atoms with van der Waals surface area (Å²) in [5.74, 6) is -0.160. The zero-order valence-electron chi connectivity index (χ0n) is 15.2. The maximum absolute atomic E-state index is 12.9. The molecule has 6 heteroatoms. The van der Waals surface area contributed by atoms with Gasteiger partial charge in [0.15, 0.2) is 0 Å². The number of hydrogen-bond acceptors (Lipinski definition) is 3. The Morgan fingerprint density at radius 3 is 2.81 bits per heavy atom. The van der Waals surface area contributed by atoms with E-state index in [4.69, 9.17) is 5.26 Å². The molecule has 1 unspecified atom stereocenters. The molecule has 26 heavy (non-hydrogen) atoms. The lowest BCUT2D eigenvalue weighted by molar-refractivity contribution is -0.126. The minimum atomic E-state index is -0.293. The van der Waals surface area contributed by atoms with Crippen molar-refractivity contribution in [1.29, 1.82) is 5.26 Å². The molecule has 2 N–H and O–H groups in total. The zero-order chi connectivity index (χ0) is 18.7. The fourth-order valence-electron chi connectivity index (χ4n) is 3.86. The first-order valence-corrected chi connectivity index (χ1v) is 9.01. The monoisotopic (exact) mass is 352 g/mol. The van der Waals surface area contributed by atoms with Gasteiger partial charge in [0.1, 0.15) is 12.2 Å². The van der Waals surface area contributed by atoms with Crippen LogP contribution in [0.5, 0.6) is 0 Å². The number of nitrogens with one attached hydrogen (secondary N) is 2. The van der Waals surface area contributed by atoms with Crippen LogP contribution < -0.4 is 10.6 Å². The second kappa shape index (κ2) is 7.61. The van der Waals surface area contributed by atoms with E-state index in [9.17, 15) is 9.59 Å². The normalized spacial score (nSPS) is 22.6. The van der Waals surface area contributed by atoms with Gasteiger partial charge in [0, 0.05) is 24.0 Å². The summed E-state index contributed by atoms with van der Waals surface area (Å²) in [5, 5.41) is 15.4. The van der Waals surface area contributed by atoms with E-state index in [1.54, 1.807) is 0 Å². The minimum Gasteiger partial charge on any atom is -0.347 e. The molecule has 1 aromatic heterocycles. The summed E-state index contributed by atoms with van der Waals surface area (Å²) in [6.45, 7) is 2.13. The van der Waals surface area contributed by atoms with Crippen molar-refractivity contribution in [1.82, 2.24) is 15.2 Å². The average molecular weight is 352 g/mol. The average Bonchev–Trinajstić information content (AvgIpc) is 2.97. The first-order valence-electron chi connectivity index (χ1n) is 9.01. The number of benzene rings is 1. The van der Waals surface area contributed by atoms with Crippen LogP contribution in [-0.4, -0.2) is 29.0 Å². The van der Waals surface area contributed by atoms with E-state index in [1.807, 2.05) is 48.0 Å². The van der Waals surface area contributed by atoms with E-state index < -0.39 is 0 Å². The van der Waals surface area contributed by atoms with E-state index in [2.05, 4.69) is 17.6 Å². The van der Waals surface area contributed by atoms with Crippen LogP contribution in [0.15, 0.2) is 30.3 Å². The first kappa shape index (κ1) is 18.0. The number of aryl methyl sites for hydroxylation is 1. The van der Waals surface area contributed by atoms with E-state index in [-0.39, 0.29) is 30.3 Å². The van der Waals surface area contributed by atoms with Gasteiger partial charge in [-0.15, -0.1) is 0 Å². The molecule has 1 saturated carbocycles. The van der Waals surface area contributed by atoms with E-state index in [1.165, 1.54) is 0 Å². The van der Waals surface area contributed by atoms with Crippen LogP contribution in [0.25, 0.3) is 10.9 Å². The molecule has 0 bridgehead atoms. The van der Waals surface area contributed by atoms with Gasteiger partial charge in [0.2, 0.25) is 5.91 Å². The first-order chi connectivity index (χ1) is 12.5. The van der Waals surface area contributed by atoms with Gasteiger partial charge in [0.05, 0.1) is 12.0 Å². The zero-order valence-corrected chi connectivity index (χ0v) is 15.2. The summed E-state index contributed by atoms with van der Waals surface area (Å²) in [5.41, 5.74) is 1.58. The molecule has 2 aromatic rings. The molecule has 6 nitrogen and oxygen atoms in total. The highest BCUT2D eigenvalue weighted by Gasteiger charge is 2.35. The number of nitrogens with zero attached hydrogens (tertiary/aromatic N) is 2. The molecule has 2 amide bonds. The molecule has 0 spiro atoms. The molecule has 3 atom stereocenters. The molecule has 136 valence electrons. The molecule has 1 fully saturated rings. The molecule has 1 aromatic carbocycles. The van der Waals surface area contributed by atoms with Crippen molar-refractivity contribution < 1.29 is 9.59 Å². The lowest BCUT2D eigenvalue weighted by Gasteiger charge is -2.34. The van der Waals surface area contributed by atoms with Crippen LogP contribution in [0.2, 0.25) is 0 Å². The van der Waals surface area contributed by atoms with Crippen molar-refractivity contribution in [3.8, 4) is 6.07 Å². The minimum absolute atomic E-state index is 0.00521. The summed E-state index contributed by atoms with van der Waals surface area (Å²) in [6, 6.07) is 11.4. The Kier molecular flexibility index (Phi) is 5.27. The third-order valence-electron chi connectivity index (χ3n) is 5.29. The predicted octanol–water partition coefficient (Wildman–Crippen LogP) is 2.35. The molecule has 3 rings (SSSR count). The van der Waals surface area contributed by atoms with Crippen molar-refractivity contribution in [2.24, 2.45) is 18.9 Å². The molecule has 1 aliphatic rings. The van der Waals surface area contributed by atoms with Crippen LogP contribution >= 0.6 is 0 Å². The quantitative estimate of drug-likeness (QED) is 0.828. The highest BCUT2D eigenvalue weighted by Crippen LogP contribution is 2.29. The molecular weight excluding hydrogens is 328 g/mol. The topological polar surface area (TPSA) is 86.9 Å². The van der Waals surface area contributed by atoms with Gasteiger partial charge in [-0.1, -0.05) is 25.1 Å². The Morgan fingerprint density at radius 1 is 1.31 bits per heavy atom. The van der Waals surface area contributed by atoms with Crippen molar-refractivity contribution in [2.75, 3.05) is 6.54 Å². The molecule has 0 radical (unpaired) electrons. The summed E-state index contributed by atoms with van der Waals surface area (Å²) in [4.78, 5) is 25.3. The van der Waals surface area contributed by atoms with Crippen LogP contribution in [0.3, 0.4) is 0 Å². The smallest absolute Gasteiger partial charge is 0.268 e. The summed E-state index contributed by atoms with van der Waals surface area (Å²) in [6.07, 6.45) is 2.43. The second-order valence-electron chi connectivity index (χ2n) is 7.13. The number of carbonyl (C=O) groups is 2. The number of fused-ring (bicyclic) bond motifs is 1. The SMILES string of the molecule is CC1CC[C@@H](C(=O)NCC#N)[C@@H](NC(=O)c2cc3ccccc3n2C)C1. The van der Waals surface area contributed by atoms with Crippen molar-refractivity contribution >= 4 is 22.7 Å². The van der Waals surface area contributed by atoms with Gasteiger partial charge < -0.3 is 15.2 Å². The van der Waals surface area contributed by atoms with Crippen LogP contribution in [0, 0.1) is 23.2 Å². The fraction of sp³-hybridized carbons (Fsp3) is 0.450. The Morgan fingerprint density at radius 2 is 2.08 bits per heavy atom. The third-order valence-corrected chi connectivity index (χ3v) is 5.29. The Labute approximate surface area is 153 Å². The van der Waals surface area contributed by atoms with Crippen LogP contribution in [-0.2, 0) is 11.8 Å².